The molecule has 3 nitrogen and oxygen atoms in total. The number of nitrogens with zero attached hydrogens (tertiary/aromatic N) is 3. The van der Waals surface area contributed by atoms with Gasteiger partial charge >= 0.3 is 0 Å². The van der Waals surface area contributed by atoms with Crippen LogP contribution in [0.15, 0.2) is 158 Å². The van der Waals surface area contributed by atoms with Crippen LogP contribution in [0.2, 0.25) is 0 Å². The topological polar surface area (TPSA) is 20.8 Å². The van der Waals surface area contributed by atoms with Crippen LogP contribution in [-0.4, -0.2) is 16.3 Å². The normalized spacial score (nSPS) is 12.7. The van der Waals surface area contributed by atoms with E-state index in [4.69, 9.17) is 4.98 Å². The third-order valence-corrected chi connectivity index (χ3v) is 12.4. The van der Waals surface area contributed by atoms with Gasteiger partial charge in [-0.2, -0.15) is 4.58 Å². The number of hydrogen-bond acceptors (Lipinski definition) is 2. The van der Waals surface area contributed by atoms with E-state index in [1.807, 2.05) is 17.5 Å². The summed E-state index contributed by atoms with van der Waals surface area (Å²) < 4.78 is 6.92. The van der Waals surface area contributed by atoms with Crippen LogP contribution < -0.4 is 4.58 Å². The first kappa shape index (κ1) is 28.1. The van der Waals surface area contributed by atoms with E-state index in [-0.39, 0.29) is 0 Å². The van der Waals surface area contributed by atoms with Gasteiger partial charge in [0.25, 0.3) is 0 Å². The number of hydrogen-bond donors (Lipinski definition) is 0. The quantitative estimate of drug-likeness (QED) is 0.132. The Kier molecular flexibility index (Phi) is 5.53. The van der Waals surface area contributed by atoms with Crippen LogP contribution in [0.3, 0.4) is 0 Å². The van der Waals surface area contributed by atoms with Crippen molar-refractivity contribution in [2.24, 2.45) is 0 Å². The summed E-state index contributed by atoms with van der Waals surface area (Å²) in [7, 11) is 0. The third kappa shape index (κ3) is 3.64. The molecule has 0 bridgehead atoms. The molecule has 0 N–H and O–H groups in total. The maximum atomic E-state index is 5.15. The monoisotopic (exact) mass is 678 g/mol. The highest BCUT2D eigenvalue weighted by atomic mass is 32.1. The first-order valence-corrected chi connectivity index (χ1v) is 18.5. The minimum absolute atomic E-state index is 0.952. The van der Waals surface area contributed by atoms with Crippen molar-refractivity contribution in [1.29, 1.82) is 0 Å². The van der Waals surface area contributed by atoms with Gasteiger partial charge in [0, 0.05) is 38.5 Å². The Bertz CT molecular complexity index is 3350. The minimum atomic E-state index is 0.952. The maximum Gasteiger partial charge on any atom is 0.243 e. The Morgan fingerprint density at radius 1 is 0.500 bits per heavy atom. The van der Waals surface area contributed by atoms with Crippen molar-refractivity contribution >= 4 is 104 Å². The summed E-state index contributed by atoms with van der Waals surface area (Å²) in [6.07, 6.45) is 1.98. The molecule has 1 aliphatic rings. The van der Waals surface area contributed by atoms with Crippen molar-refractivity contribution < 1.29 is 0 Å². The molecule has 0 atom stereocenters. The number of pyridine rings is 1. The summed E-state index contributed by atoms with van der Waals surface area (Å²) >= 11 is 1.82. The van der Waals surface area contributed by atoms with Gasteiger partial charge in [0.1, 0.15) is 12.2 Å². The Hall–Kier alpha value is -6.62. The smallest absolute Gasteiger partial charge is 0.243 e. The van der Waals surface area contributed by atoms with Gasteiger partial charge < -0.3 is 0 Å². The Morgan fingerprint density at radius 3 is 1.90 bits per heavy atom. The summed E-state index contributed by atoms with van der Waals surface area (Å²) in [6.45, 7) is 4.56. The third-order valence-electron chi connectivity index (χ3n) is 11.2. The fourth-order valence-corrected chi connectivity index (χ4v) is 10.1. The van der Waals surface area contributed by atoms with Crippen LogP contribution in [0.25, 0.3) is 102 Å². The predicted octanol–water partition coefficient (Wildman–Crippen LogP) is 13.2. The molecule has 0 amide bonds. The number of benzene rings is 8. The second-order valence-corrected chi connectivity index (χ2v) is 14.9. The Balaban J connectivity index is 1.09. The van der Waals surface area contributed by atoms with Gasteiger partial charge in [-0.05, 0) is 85.9 Å². The van der Waals surface area contributed by atoms with Crippen LogP contribution in [0.5, 0.6) is 0 Å². The molecule has 0 radical (unpaired) electrons. The molecule has 0 aliphatic carbocycles. The Labute approximate surface area is 302 Å². The van der Waals surface area contributed by atoms with E-state index < -0.39 is 0 Å². The number of fused-ring (bicyclic) bond motifs is 16. The van der Waals surface area contributed by atoms with Crippen molar-refractivity contribution in [3.8, 4) is 28.1 Å². The van der Waals surface area contributed by atoms with Crippen LogP contribution >= 0.6 is 11.3 Å². The van der Waals surface area contributed by atoms with Gasteiger partial charge in [-0.1, -0.05) is 103 Å². The van der Waals surface area contributed by atoms with Crippen molar-refractivity contribution in [3.63, 3.8) is 0 Å². The van der Waals surface area contributed by atoms with Gasteiger partial charge in [0.15, 0.2) is 5.82 Å². The lowest BCUT2D eigenvalue weighted by Gasteiger charge is -2.12. The molecule has 12 rings (SSSR count). The number of aromatic nitrogens is 2. The fourth-order valence-electron chi connectivity index (χ4n) is 8.92. The van der Waals surface area contributed by atoms with Crippen molar-refractivity contribution in [1.82, 2.24) is 14.1 Å². The lowest BCUT2D eigenvalue weighted by atomic mass is 9.92. The SMILES string of the molecule is C=[N+]1c2ccccc2-c2ccc3c4ccccc4n(-c4nccc5c4sc4ccc(-c6ccc7c8ccccc8c8ccccc8c7c6)cc45)c3c21. The standard InChI is InChI=1S/C48H28N3S/c1-50-42-16-8-6-14-35(42)37-21-22-38-36-15-7-9-17-43(36)51(46(38)45(37)50)48-47-39(24-25-49-48)41-27-29(19-23-44(41)52-47)28-18-20-34-32-12-3-2-10-30(32)31-11-4-5-13-33(31)40(34)26-28/h2-27H,1H2/q+1. The predicted molar refractivity (Wildman–Crippen MR) is 223 cm³/mol. The van der Waals surface area contributed by atoms with Gasteiger partial charge in [-0.3, -0.25) is 4.57 Å². The minimum Gasteiger partial charge on any atom is -0.286 e. The number of para-hydroxylation sites is 2. The molecule has 0 saturated heterocycles. The molecule has 4 heterocycles. The summed E-state index contributed by atoms with van der Waals surface area (Å²) in [5, 5.41) is 12.6. The maximum absolute atomic E-state index is 5.15. The molecule has 0 spiro atoms. The molecule has 240 valence electrons. The lowest BCUT2D eigenvalue weighted by molar-refractivity contribution is 1.08. The van der Waals surface area contributed by atoms with E-state index in [9.17, 15) is 0 Å². The summed E-state index contributed by atoms with van der Waals surface area (Å²) in [5.74, 6) is 0.952. The zero-order valence-electron chi connectivity index (χ0n) is 28.0. The average Bonchev–Trinajstić information content (AvgIpc) is 3.85. The highest BCUT2D eigenvalue weighted by molar-refractivity contribution is 7.26. The van der Waals surface area contributed by atoms with Gasteiger partial charge in [0.2, 0.25) is 11.4 Å². The van der Waals surface area contributed by atoms with Gasteiger partial charge in [-0.25, -0.2) is 4.98 Å². The van der Waals surface area contributed by atoms with Crippen LogP contribution in [0.1, 0.15) is 0 Å². The zero-order chi connectivity index (χ0) is 34.1. The van der Waals surface area contributed by atoms with Crippen LogP contribution in [0.4, 0.5) is 11.4 Å². The molecule has 0 fully saturated rings. The van der Waals surface area contributed by atoms with E-state index in [1.165, 1.54) is 85.5 Å². The van der Waals surface area contributed by atoms with E-state index in [0.717, 1.165) is 28.2 Å². The molecule has 0 saturated carbocycles. The Morgan fingerprint density at radius 2 is 1.12 bits per heavy atom. The van der Waals surface area contributed by atoms with E-state index >= 15 is 0 Å². The van der Waals surface area contributed by atoms with E-state index in [1.54, 1.807) is 0 Å². The van der Waals surface area contributed by atoms with Crippen LogP contribution in [0, 0.1) is 0 Å². The van der Waals surface area contributed by atoms with Crippen molar-refractivity contribution in [3.05, 3.63) is 158 Å². The summed E-state index contributed by atoms with van der Waals surface area (Å²) in [5.41, 5.74) is 9.36. The fraction of sp³-hybridized carbons (Fsp3) is 0. The average molecular weight is 679 g/mol. The first-order chi connectivity index (χ1) is 25.7. The zero-order valence-corrected chi connectivity index (χ0v) is 28.8. The highest BCUT2D eigenvalue weighted by Gasteiger charge is 2.35. The van der Waals surface area contributed by atoms with Gasteiger partial charge in [-0.15, -0.1) is 11.3 Å². The van der Waals surface area contributed by atoms with Crippen molar-refractivity contribution in [2.75, 3.05) is 0 Å². The lowest BCUT2D eigenvalue weighted by Crippen LogP contribution is -2.02. The molecule has 3 aromatic heterocycles. The van der Waals surface area contributed by atoms with Crippen LogP contribution in [-0.2, 0) is 0 Å². The molecule has 1 aliphatic heterocycles. The molecule has 4 heteroatoms. The summed E-state index contributed by atoms with van der Waals surface area (Å²) in [4.78, 5) is 5.15. The molecule has 0 unspecified atom stereocenters. The molecular formula is C48H28N3S+. The molecule has 8 aromatic carbocycles. The summed E-state index contributed by atoms with van der Waals surface area (Å²) in [6, 6.07) is 55.4. The second-order valence-electron chi connectivity index (χ2n) is 13.8. The van der Waals surface area contributed by atoms with E-state index in [2.05, 4.69) is 168 Å². The first-order valence-electron chi connectivity index (χ1n) is 17.6. The van der Waals surface area contributed by atoms with E-state index in [0.29, 0.717) is 0 Å². The molecule has 11 aromatic rings. The van der Waals surface area contributed by atoms with Crippen molar-refractivity contribution in [2.45, 2.75) is 0 Å². The van der Waals surface area contributed by atoms with Gasteiger partial charge in [0.05, 0.1) is 21.3 Å². The number of rotatable bonds is 2. The highest BCUT2D eigenvalue weighted by Crippen LogP contribution is 2.51. The molecular weight excluding hydrogens is 651 g/mol. The second kappa shape index (κ2) is 10.2. The largest absolute Gasteiger partial charge is 0.286 e. The number of thiophene rings is 1. The molecule has 52 heavy (non-hydrogen) atoms.